The van der Waals surface area contributed by atoms with Crippen LogP contribution < -0.4 is 24.5 Å². The molecule has 48 heteroatoms. The van der Waals surface area contributed by atoms with Gasteiger partial charge in [0.25, 0.3) is 0 Å². The highest BCUT2D eigenvalue weighted by Crippen LogP contribution is 2.46. The van der Waals surface area contributed by atoms with Crippen LogP contribution in [-0.4, -0.2) is 228 Å². The van der Waals surface area contributed by atoms with Crippen molar-refractivity contribution in [3.63, 3.8) is 0 Å². The molecule has 10 heterocycles. The van der Waals surface area contributed by atoms with Gasteiger partial charge in [-0.1, -0.05) is 64.9 Å². The van der Waals surface area contributed by atoms with Gasteiger partial charge in [-0.05, 0) is 83.1 Å². The predicted octanol–water partition coefficient (Wildman–Crippen LogP) is 19.8. The van der Waals surface area contributed by atoms with E-state index >= 15 is 0 Å². The minimum atomic E-state index is -4.19. The summed E-state index contributed by atoms with van der Waals surface area (Å²) in [6.45, 7) is 12.8. The SMILES string of the molecule is CCN(C(=O)C(C)CSCCC(F)(F)F)c1cn(-c2cccnc2)nc1Cl.CCN(C(=O)CCSC1CC(=O)C1(F)F)c1cn(-c2cccnc2)nc1Cl.CCN(C(=O)CCSC1CC(=O)C1)c1cn(-c2cccnc2)nc1Cl.CCN(C(=O)CCSC1CC(F)(F)C1)c1cn(-c2cccnc2)nc1Cl.CCN(C(=O)CCSCCC(F)(F)F)c1cn(-c2cncc(F)c2)nc1Cl. The van der Waals surface area contributed by atoms with Gasteiger partial charge in [0.15, 0.2) is 25.8 Å². The van der Waals surface area contributed by atoms with Crippen LogP contribution in [0.3, 0.4) is 0 Å². The highest BCUT2D eigenvalue weighted by atomic mass is 35.5. The molecule has 0 aromatic carbocycles. The fourth-order valence-electron chi connectivity index (χ4n) is 12.8. The number of rotatable bonds is 37. The normalized spacial score (nSPS) is 14.7. The van der Waals surface area contributed by atoms with Crippen molar-refractivity contribution in [2.24, 2.45) is 5.92 Å². The van der Waals surface area contributed by atoms with Gasteiger partial charge >= 0.3 is 18.3 Å². The number of anilines is 5. The molecule has 27 nitrogen and oxygen atoms in total. The van der Waals surface area contributed by atoms with Gasteiger partial charge in [0.05, 0.1) is 115 Å². The first-order valence-corrected chi connectivity index (χ1v) is 48.6. The van der Waals surface area contributed by atoms with Gasteiger partial charge in [0.1, 0.15) is 40.0 Å². The minimum Gasteiger partial charge on any atom is -0.308 e. The second kappa shape index (κ2) is 50.5. The Kier molecular flexibility index (Phi) is 40.8. The lowest BCUT2D eigenvalue weighted by atomic mass is 9.92. The number of nitrogens with zero attached hydrogens (tertiary/aromatic N) is 20. The zero-order valence-electron chi connectivity index (χ0n) is 71.8. The molecule has 2 atom stereocenters. The molecule has 3 saturated carbocycles. The van der Waals surface area contributed by atoms with E-state index in [9.17, 15) is 81.9 Å². The Balaban J connectivity index is 0.000000186. The molecule has 3 aliphatic rings. The zero-order valence-corrected chi connectivity index (χ0v) is 79.7. The Hall–Kier alpha value is -9.08. The van der Waals surface area contributed by atoms with E-state index in [1.807, 2.05) is 32.0 Å². The number of Topliss-reactive ketones (excluding diaryl/α,β-unsaturated/α-hetero) is 2. The van der Waals surface area contributed by atoms with E-state index < -0.39 is 59.8 Å². The van der Waals surface area contributed by atoms with E-state index in [1.54, 1.807) is 163 Å². The standard InChI is InChI=1S/C17H20ClF3N4OS.C17H17ClF2N4O2S.C17H19ClF2N4OS.C17H19ClN4O2S.C16H17ClF4N4OS/c1-3-24(16(26)12(2)11-27-8-6-17(19,20)21)14-10-25(23-15(14)18)13-5-4-7-22-9-13;1-2-23(15(26)5-7-27-14-8-13(25)17(14,19)20)12-10-24(22-16(12)18)11-4-3-6-21-9-11;1-2-23(15(25)5-7-26-13-8-17(19,20)9-13)14-11-24(22-16(14)18)12-4-3-6-21-10-12;1-2-21(16(24)5-7-25-14-8-13(23)9-14)15-11-22(20-17(15)18)12-4-3-6-19-10-12;1-2-24(14(26)3-5-27-6-4-16(19,20)21)13-10-25(23-15(13)17)12-7-11(18)8-22-9-12/h4-5,7,9-10,12H,3,6,8,11H2,1-2H3;3-4,6,9-10,14H,2,5,7-8H2,1H3;3-4,6,10-11,13H,2,5,7-9H2,1H3;3-4,6,10-11,14H,2,5,7-9H2,1H3;7-10H,2-6H2,1H3. The van der Waals surface area contributed by atoms with Crippen molar-refractivity contribution in [2.75, 3.05) is 97.5 Å². The number of alkyl halides is 10. The molecule has 132 heavy (non-hydrogen) atoms. The highest BCUT2D eigenvalue weighted by molar-refractivity contribution is 8.00. The fourth-order valence-corrected chi connectivity index (χ4v) is 19.6. The first kappa shape index (κ1) is 107. The second-order valence-electron chi connectivity index (χ2n) is 29.2. The average molecular weight is 2040 g/mol. The summed E-state index contributed by atoms with van der Waals surface area (Å²) >= 11 is 37.3. The molecule has 3 aliphatic carbocycles. The van der Waals surface area contributed by atoms with Crippen LogP contribution in [0.25, 0.3) is 28.4 Å². The summed E-state index contributed by atoms with van der Waals surface area (Å²) in [6.07, 6.45) is 15.5. The van der Waals surface area contributed by atoms with Crippen molar-refractivity contribution in [1.29, 1.82) is 0 Å². The molecular weight excluding hydrogens is 1950 g/mol. The summed E-state index contributed by atoms with van der Waals surface area (Å²) in [4.78, 5) is 112. The number of aromatic nitrogens is 15. The maximum atomic E-state index is 13.3. The van der Waals surface area contributed by atoms with Gasteiger partial charge in [-0.2, -0.15) is 119 Å². The number of halogens is 16. The third-order valence-electron chi connectivity index (χ3n) is 19.8. The summed E-state index contributed by atoms with van der Waals surface area (Å²) in [5.74, 6) is -6.46. The Labute approximate surface area is 799 Å². The molecular formula is C84H92Cl5F11N20O7S5. The van der Waals surface area contributed by atoms with E-state index in [2.05, 4.69) is 50.4 Å². The first-order valence-electron chi connectivity index (χ1n) is 41.2. The third-order valence-corrected chi connectivity index (χ3v) is 27.1. The van der Waals surface area contributed by atoms with Crippen LogP contribution >= 0.6 is 117 Å². The number of amides is 5. The van der Waals surface area contributed by atoms with Gasteiger partial charge in [-0.25, -0.2) is 36.6 Å². The van der Waals surface area contributed by atoms with Gasteiger partial charge in [-0.3, -0.25) is 58.5 Å². The number of carbonyl (C=O) groups excluding carboxylic acids is 7. The molecule has 0 bridgehead atoms. The summed E-state index contributed by atoms with van der Waals surface area (Å²) in [5, 5.41) is 21.2. The van der Waals surface area contributed by atoms with Crippen molar-refractivity contribution in [2.45, 2.75) is 152 Å². The largest absolute Gasteiger partial charge is 0.389 e. The van der Waals surface area contributed by atoms with Crippen LogP contribution in [0.1, 0.15) is 112 Å². The average Bonchev–Trinajstić information content (AvgIpc) is 1.46. The number of carbonyl (C=O) groups is 7. The highest BCUT2D eigenvalue weighted by Gasteiger charge is 2.57. The van der Waals surface area contributed by atoms with Crippen LogP contribution in [0.5, 0.6) is 0 Å². The van der Waals surface area contributed by atoms with Crippen LogP contribution in [0.2, 0.25) is 25.8 Å². The summed E-state index contributed by atoms with van der Waals surface area (Å²) in [7, 11) is 0. The molecule has 10 aromatic rings. The van der Waals surface area contributed by atoms with E-state index in [-0.39, 0.29) is 122 Å². The molecule has 2 unspecified atom stereocenters. The number of ketones is 2. The smallest absolute Gasteiger partial charge is 0.308 e. The molecule has 5 amide bonds. The van der Waals surface area contributed by atoms with Crippen molar-refractivity contribution in [3.05, 3.63) is 179 Å². The summed E-state index contributed by atoms with van der Waals surface area (Å²) < 4.78 is 146. The van der Waals surface area contributed by atoms with Crippen LogP contribution in [-0.2, 0) is 33.6 Å². The monoisotopic (exact) mass is 2040 g/mol. The lowest BCUT2D eigenvalue weighted by Crippen LogP contribution is -2.52. The van der Waals surface area contributed by atoms with Crippen molar-refractivity contribution >= 4 is 186 Å². The van der Waals surface area contributed by atoms with E-state index in [0.717, 1.165) is 52.9 Å². The minimum absolute atomic E-state index is 0.00767. The van der Waals surface area contributed by atoms with Crippen LogP contribution in [0, 0.1) is 11.7 Å². The number of hydrogen-bond acceptors (Lipinski definition) is 22. The molecule has 13 rings (SSSR count). The van der Waals surface area contributed by atoms with Crippen molar-refractivity contribution < 1.29 is 81.9 Å². The molecule has 0 N–H and O–H groups in total. The predicted molar refractivity (Wildman–Crippen MR) is 497 cm³/mol. The third kappa shape index (κ3) is 31.2. The van der Waals surface area contributed by atoms with Crippen molar-refractivity contribution in [3.8, 4) is 28.4 Å². The first-order chi connectivity index (χ1) is 62.7. The number of pyridine rings is 5. The Bertz CT molecular complexity index is 5430. The molecule has 712 valence electrons. The van der Waals surface area contributed by atoms with Gasteiger partial charge < -0.3 is 24.5 Å². The van der Waals surface area contributed by atoms with Gasteiger partial charge in [-0.15, -0.1) is 0 Å². The Morgan fingerprint density at radius 2 is 0.765 bits per heavy atom. The maximum Gasteiger partial charge on any atom is 0.389 e. The lowest BCUT2D eigenvalue weighted by molar-refractivity contribution is -0.156. The molecule has 0 aliphatic heterocycles. The topological polar surface area (TPSA) is 289 Å². The van der Waals surface area contributed by atoms with E-state index in [4.69, 9.17) is 58.0 Å². The van der Waals surface area contributed by atoms with E-state index in [0.29, 0.717) is 126 Å². The Morgan fingerprint density at radius 1 is 0.439 bits per heavy atom. The zero-order chi connectivity index (χ0) is 96.2. The summed E-state index contributed by atoms with van der Waals surface area (Å²) in [5.41, 5.74) is 5.64. The van der Waals surface area contributed by atoms with E-state index in [1.165, 1.54) is 59.0 Å². The van der Waals surface area contributed by atoms with Crippen LogP contribution in [0.15, 0.2) is 148 Å². The number of hydrogen-bond donors (Lipinski definition) is 0. The maximum absolute atomic E-state index is 13.3. The molecule has 0 saturated heterocycles. The lowest BCUT2D eigenvalue weighted by Gasteiger charge is -2.34. The number of thioether (sulfide) groups is 5. The molecule has 0 radical (unpaired) electrons. The summed E-state index contributed by atoms with van der Waals surface area (Å²) in [6, 6.07) is 15.6. The Morgan fingerprint density at radius 3 is 1.08 bits per heavy atom. The molecule has 3 fully saturated rings. The molecule has 0 spiro atoms. The van der Waals surface area contributed by atoms with Crippen molar-refractivity contribution in [1.82, 2.24) is 73.8 Å². The quantitative estimate of drug-likeness (QED) is 0.0258. The molecule has 10 aromatic heterocycles. The second-order valence-corrected chi connectivity index (χ2v) is 37.5. The van der Waals surface area contributed by atoms with Crippen LogP contribution in [0.4, 0.5) is 76.7 Å². The fraction of sp³-hybridized carbons (Fsp3) is 0.440. The van der Waals surface area contributed by atoms with Gasteiger partial charge in [0, 0.05) is 178 Å². The van der Waals surface area contributed by atoms with Gasteiger partial charge in [0.2, 0.25) is 41.2 Å².